The Morgan fingerprint density at radius 2 is 2.29 bits per heavy atom. The van der Waals surface area contributed by atoms with Crippen molar-refractivity contribution in [3.8, 4) is 0 Å². The standard InChI is InChI=1S/C5H10N.Li/c1-5-3-2-4-6-5;/h5H,2-4H2,1H3;/q-1;+1/t5-;/m0./s1. The molecule has 0 N–H and O–H groups in total. The molecule has 1 aliphatic rings. The van der Waals surface area contributed by atoms with Gasteiger partial charge in [-0.05, 0) is 0 Å². The van der Waals surface area contributed by atoms with Crippen LogP contribution in [0, 0.1) is 0 Å². The molecule has 0 aromatic carbocycles. The fourth-order valence-corrected chi connectivity index (χ4v) is 0.790. The van der Waals surface area contributed by atoms with Gasteiger partial charge in [-0.1, -0.05) is 19.8 Å². The van der Waals surface area contributed by atoms with Gasteiger partial charge in [-0.25, -0.2) is 0 Å². The molecule has 0 aromatic heterocycles. The molecule has 0 saturated carbocycles. The van der Waals surface area contributed by atoms with Gasteiger partial charge in [-0.3, -0.25) is 0 Å². The van der Waals surface area contributed by atoms with E-state index < -0.39 is 0 Å². The predicted octanol–water partition coefficient (Wildman–Crippen LogP) is -1.45. The molecule has 1 atom stereocenters. The summed E-state index contributed by atoms with van der Waals surface area (Å²) in [7, 11) is 0. The molecule has 0 aromatic rings. The third-order valence-corrected chi connectivity index (χ3v) is 1.22. The Morgan fingerprint density at radius 1 is 1.57 bits per heavy atom. The van der Waals surface area contributed by atoms with E-state index in [-0.39, 0.29) is 18.9 Å². The van der Waals surface area contributed by atoms with Crippen molar-refractivity contribution >= 4 is 0 Å². The second-order valence-electron chi connectivity index (χ2n) is 1.90. The van der Waals surface area contributed by atoms with Gasteiger partial charge in [0.15, 0.2) is 0 Å². The first kappa shape index (κ1) is 7.56. The van der Waals surface area contributed by atoms with Gasteiger partial charge >= 0.3 is 18.9 Å². The third-order valence-electron chi connectivity index (χ3n) is 1.22. The van der Waals surface area contributed by atoms with Gasteiger partial charge in [0, 0.05) is 0 Å². The Labute approximate surface area is 57.0 Å². The molecule has 1 saturated heterocycles. The summed E-state index contributed by atoms with van der Waals surface area (Å²) < 4.78 is 0. The quantitative estimate of drug-likeness (QED) is 0.324. The molecule has 0 amide bonds. The van der Waals surface area contributed by atoms with Crippen LogP contribution in [0.1, 0.15) is 19.8 Å². The molecule has 1 fully saturated rings. The monoisotopic (exact) mass is 91.1 g/mol. The van der Waals surface area contributed by atoms with Gasteiger partial charge in [0.1, 0.15) is 0 Å². The van der Waals surface area contributed by atoms with Crippen LogP contribution in [-0.4, -0.2) is 12.6 Å². The summed E-state index contributed by atoms with van der Waals surface area (Å²) in [5.74, 6) is 0. The minimum Gasteiger partial charge on any atom is -0.660 e. The van der Waals surface area contributed by atoms with E-state index in [4.69, 9.17) is 0 Å². The fourth-order valence-electron chi connectivity index (χ4n) is 0.790. The van der Waals surface area contributed by atoms with E-state index in [0.717, 1.165) is 6.54 Å². The topological polar surface area (TPSA) is 14.1 Å². The van der Waals surface area contributed by atoms with Gasteiger partial charge in [0.05, 0.1) is 0 Å². The molecule has 0 unspecified atom stereocenters. The maximum atomic E-state index is 4.24. The normalized spacial score (nSPS) is 29.6. The predicted molar refractivity (Wildman–Crippen MR) is 26.9 cm³/mol. The molecule has 1 rings (SSSR count). The van der Waals surface area contributed by atoms with Crippen molar-refractivity contribution in [1.29, 1.82) is 0 Å². The van der Waals surface area contributed by atoms with Crippen LogP contribution in [0.2, 0.25) is 0 Å². The molecule has 0 radical (unpaired) electrons. The van der Waals surface area contributed by atoms with Crippen molar-refractivity contribution in [3.05, 3.63) is 5.32 Å². The summed E-state index contributed by atoms with van der Waals surface area (Å²) in [5, 5.41) is 4.24. The van der Waals surface area contributed by atoms with E-state index in [1.54, 1.807) is 0 Å². The van der Waals surface area contributed by atoms with E-state index in [1.807, 2.05) is 0 Å². The van der Waals surface area contributed by atoms with Crippen molar-refractivity contribution in [2.24, 2.45) is 0 Å². The maximum absolute atomic E-state index is 4.24. The number of hydrogen-bond acceptors (Lipinski definition) is 0. The van der Waals surface area contributed by atoms with Gasteiger partial charge < -0.3 is 5.32 Å². The SMILES string of the molecule is C[C@H]1CCC[N-]1.[Li+]. The van der Waals surface area contributed by atoms with Crippen LogP contribution >= 0.6 is 0 Å². The van der Waals surface area contributed by atoms with Gasteiger partial charge in [0.2, 0.25) is 0 Å². The van der Waals surface area contributed by atoms with Crippen LogP contribution in [0.4, 0.5) is 0 Å². The Morgan fingerprint density at radius 3 is 2.43 bits per heavy atom. The molecule has 7 heavy (non-hydrogen) atoms. The largest absolute Gasteiger partial charge is 1.00 e. The number of hydrogen-bond donors (Lipinski definition) is 0. The van der Waals surface area contributed by atoms with Crippen molar-refractivity contribution in [2.45, 2.75) is 25.8 Å². The van der Waals surface area contributed by atoms with Crippen molar-refractivity contribution < 1.29 is 18.9 Å². The molecular weight excluding hydrogens is 81.0 g/mol. The minimum atomic E-state index is 0. The van der Waals surface area contributed by atoms with E-state index in [0.29, 0.717) is 6.04 Å². The summed E-state index contributed by atoms with van der Waals surface area (Å²) in [6.07, 6.45) is 2.64. The average molecular weight is 91.1 g/mol. The average Bonchev–Trinajstić information content (AvgIpc) is 1.86. The second kappa shape index (κ2) is 3.55. The zero-order valence-electron chi connectivity index (χ0n) is 5.15. The molecule has 0 bridgehead atoms. The van der Waals surface area contributed by atoms with Crippen LogP contribution in [-0.2, 0) is 0 Å². The van der Waals surface area contributed by atoms with Gasteiger partial charge in [-0.15, -0.1) is 12.6 Å². The molecule has 0 spiro atoms. The van der Waals surface area contributed by atoms with Crippen LogP contribution in [0.5, 0.6) is 0 Å². The summed E-state index contributed by atoms with van der Waals surface area (Å²) in [4.78, 5) is 0. The Balaban J connectivity index is 0.000000360. The maximum Gasteiger partial charge on any atom is 1.00 e. The summed E-state index contributed by atoms with van der Waals surface area (Å²) >= 11 is 0. The van der Waals surface area contributed by atoms with E-state index in [1.165, 1.54) is 12.8 Å². The van der Waals surface area contributed by atoms with Crippen LogP contribution in [0.15, 0.2) is 0 Å². The minimum absolute atomic E-state index is 0. The van der Waals surface area contributed by atoms with E-state index in [2.05, 4.69) is 12.2 Å². The molecule has 1 aliphatic heterocycles. The molecule has 1 nitrogen and oxygen atoms in total. The molecule has 0 aliphatic carbocycles. The Bertz CT molecular complexity index is 41.3. The first-order valence-electron chi connectivity index (χ1n) is 2.56. The summed E-state index contributed by atoms with van der Waals surface area (Å²) in [6, 6.07) is 0.671. The Kier molecular flexibility index (Phi) is 3.83. The summed E-state index contributed by atoms with van der Waals surface area (Å²) in [5.41, 5.74) is 0. The Hall–Kier alpha value is 0.557. The zero-order valence-corrected chi connectivity index (χ0v) is 5.15. The third kappa shape index (κ3) is 2.38. The fraction of sp³-hybridized carbons (Fsp3) is 1.00. The number of nitrogens with zero attached hydrogens (tertiary/aromatic N) is 1. The van der Waals surface area contributed by atoms with Crippen LogP contribution < -0.4 is 18.9 Å². The second-order valence-corrected chi connectivity index (χ2v) is 1.90. The molecular formula is C5H10LiN. The van der Waals surface area contributed by atoms with Crippen molar-refractivity contribution in [1.82, 2.24) is 0 Å². The first-order chi connectivity index (χ1) is 2.89. The first-order valence-corrected chi connectivity index (χ1v) is 2.56. The smallest absolute Gasteiger partial charge is 0.660 e. The molecule has 36 valence electrons. The summed E-state index contributed by atoms with van der Waals surface area (Å²) in [6.45, 7) is 3.29. The van der Waals surface area contributed by atoms with Crippen LogP contribution in [0.25, 0.3) is 5.32 Å². The van der Waals surface area contributed by atoms with Crippen molar-refractivity contribution in [2.75, 3.05) is 6.54 Å². The van der Waals surface area contributed by atoms with E-state index in [9.17, 15) is 0 Å². The molecule has 1 heterocycles. The van der Waals surface area contributed by atoms with Crippen molar-refractivity contribution in [3.63, 3.8) is 0 Å². The van der Waals surface area contributed by atoms with Gasteiger partial charge in [-0.2, -0.15) is 0 Å². The van der Waals surface area contributed by atoms with Gasteiger partial charge in [0.25, 0.3) is 0 Å². The number of rotatable bonds is 0. The zero-order chi connectivity index (χ0) is 4.41. The molecule has 2 heteroatoms. The van der Waals surface area contributed by atoms with E-state index >= 15 is 0 Å². The van der Waals surface area contributed by atoms with Crippen LogP contribution in [0.3, 0.4) is 0 Å².